The number of hydrogen-bond donors (Lipinski definition) is 0. The predicted molar refractivity (Wildman–Crippen MR) is 239 cm³/mol. The fraction of sp³-hybridized carbons (Fsp3) is 0. The highest BCUT2D eigenvalue weighted by molar-refractivity contribution is 6.12. The van der Waals surface area contributed by atoms with Crippen molar-refractivity contribution in [3.63, 3.8) is 0 Å². The Morgan fingerprint density at radius 2 is 1.03 bits per heavy atom. The molecule has 7 aromatic carbocycles. The predicted octanol–water partition coefficient (Wildman–Crippen LogP) is 12.6. The first kappa shape index (κ1) is 34.5. The molecule has 0 aliphatic heterocycles. The van der Waals surface area contributed by atoms with E-state index in [1.54, 1.807) is 0 Å². The molecular weight excluding hydrogens is 737 g/mol. The largest absolute Gasteiger partial charge is 0.309 e. The average molecular weight is 767 g/mol. The van der Waals surface area contributed by atoms with E-state index in [4.69, 9.17) is 26.5 Å². The molecule has 0 fully saturated rings. The molecule has 0 atom stereocenters. The van der Waals surface area contributed by atoms with E-state index in [0.29, 0.717) is 34.4 Å². The van der Waals surface area contributed by atoms with Gasteiger partial charge in [0, 0.05) is 44.6 Å². The highest BCUT2D eigenvalue weighted by Gasteiger charge is 2.26. The number of para-hydroxylation sites is 2. The second kappa shape index (κ2) is 14.0. The minimum absolute atomic E-state index is 0.494. The minimum Gasteiger partial charge on any atom is -0.309 e. The van der Waals surface area contributed by atoms with Gasteiger partial charge < -0.3 is 9.13 Å². The summed E-state index contributed by atoms with van der Waals surface area (Å²) in [4.78, 5) is 24.5. The van der Waals surface area contributed by atoms with Crippen molar-refractivity contribution < 1.29 is 0 Å². The average Bonchev–Trinajstić information content (AvgIpc) is 3.83. The van der Waals surface area contributed by atoms with Crippen molar-refractivity contribution in [3.8, 4) is 62.9 Å². The first-order valence-electron chi connectivity index (χ1n) is 19.5. The van der Waals surface area contributed by atoms with Crippen LogP contribution < -0.4 is 0 Å². The second-order valence-corrected chi connectivity index (χ2v) is 14.5. The normalized spacial score (nSPS) is 11.3. The Hall–Kier alpha value is -8.72. The molecule has 0 aliphatic carbocycles. The molecule has 0 bridgehead atoms. The van der Waals surface area contributed by atoms with Crippen molar-refractivity contribution in [1.29, 1.82) is 5.26 Å². The molecule has 0 aliphatic rings. The Balaban J connectivity index is 1.28. The second-order valence-electron chi connectivity index (χ2n) is 14.5. The van der Waals surface area contributed by atoms with Crippen LogP contribution in [0.25, 0.3) is 105 Å². The van der Waals surface area contributed by atoms with Gasteiger partial charge in [0.25, 0.3) is 0 Å². The number of benzene rings is 7. The number of fused-ring (bicyclic) bond motifs is 6. The van der Waals surface area contributed by atoms with Crippen LogP contribution in [0.2, 0.25) is 0 Å². The molecule has 8 heteroatoms. The molecule has 60 heavy (non-hydrogen) atoms. The first-order valence-corrected chi connectivity index (χ1v) is 19.5. The van der Waals surface area contributed by atoms with E-state index in [1.165, 1.54) is 0 Å². The van der Waals surface area contributed by atoms with Gasteiger partial charge in [0.05, 0.1) is 57.3 Å². The summed E-state index contributed by atoms with van der Waals surface area (Å²) in [6, 6.07) is 60.8. The molecule has 0 saturated heterocycles. The van der Waals surface area contributed by atoms with E-state index in [2.05, 4.69) is 62.5 Å². The Labute approximate surface area is 344 Å². The number of nitriles is 1. The van der Waals surface area contributed by atoms with Gasteiger partial charge >= 0.3 is 0 Å². The molecule has 8 nitrogen and oxygen atoms in total. The lowest BCUT2D eigenvalue weighted by molar-refractivity contribution is 1.07. The zero-order valence-electron chi connectivity index (χ0n) is 31.9. The third-order valence-electron chi connectivity index (χ3n) is 11.1. The van der Waals surface area contributed by atoms with Crippen molar-refractivity contribution in [2.75, 3.05) is 0 Å². The van der Waals surface area contributed by atoms with Gasteiger partial charge in [-0.1, -0.05) is 115 Å². The van der Waals surface area contributed by atoms with Crippen molar-refractivity contribution in [2.24, 2.45) is 0 Å². The van der Waals surface area contributed by atoms with Crippen molar-refractivity contribution >= 4 is 49.3 Å². The number of rotatable bonds is 6. The monoisotopic (exact) mass is 766 g/mol. The first-order chi connectivity index (χ1) is 29.7. The maximum absolute atomic E-state index is 9.91. The van der Waals surface area contributed by atoms with Gasteiger partial charge in [0.1, 0.15) is 0 Å². The Morgan fingerprint density at radius 3 is 1.68 bits per heavy atom. The molecular formula is C52H30N8. The van der Waals surface area contributed by atoms with Crippen molar-refractivity contribution in [1.82, 2.24) is 29.1 Å². The van der Waals surface area contributed by atoms with Gasteiger partial charge in [-0.2, -0.15) is 5.26 Å². The maximum Gasteiger partial charge on any atom is 0.188 e. The SMILES string of the molecule is [C-]#[N+]c1ccc2c(c1)c1ccccc1n2-c1cccc(-c2nc(-c3ccccc3)nc(-c3ccccc3)n2)c1-c1ncccc1-n1c2ccccc2c2cc(C#N)ccc21. The standard InChI is InChI=1S/C52H30N8/c1-54-36-26-28-45-41(31-36)38-19-9-10-21-42(38)59(45)46-23-12-20-39(52-57-50(34-14-4-2-5-15-34)56-51(58-52)35-16-6-3-7-17-35)48(46)49-47(24-13-29-55-49)60-43-22-11-8-18-37(43)40-30-33(32-53)25-27-44(40)60/h2-31H. The summed E-state index contributed by atoms with van der Waals surface area (Å²) in [5.41, 5.74) is 10.8. The lowest BCUT2D eigenvalue weighted by Gasteiger charge is -2.20. The minimum atomic E-state index is 0.494. The lowest BCUT2D eigenvalue weighted by atomic mass is 9.98. The molecule has 0 N–H and O–H groups in total. The van der Waals surface area contributed by atoms with Crippen molar-refractivity contribution in [3.05, 3.63) is 199 Å². The summed E-state index contributed by atoms with van der Waals surface area (Å²) < 4.78 is 4.50. The van der Waals surface area contributed by atoms with E-state index in [1.807, 2.05) is 140 Å². The molecule has 4 aromatic heterocycles. The van der Waals surface area contributed by atoms with Crippen molar-refractivity contribution in [2.45, 2.75) is 0 Å². The molecule has 278 valence electrons. The van der Waals surface area contributed by atoms with Gasteiger partial charge in [-0.3, -0.25) is 4.98 Å². The van der Waals surface area contributed by atoms with E-state index in [0.717, 1.165) is 77.2 Å². The Morgan fingerprint density at radius 1 is 0.483 bits per heavy atom. The molecule has 11 rings (SSSR count). The van der Waals surface area contributed by atoms with Gasteiger partial charge in [0.15, 0.2) is 23.2 Å². The molecule has 11 aromatic rings. The van der Waals surface area contributed by atoms with E-state index >= 15 is 0 Å². The Kier molecular flexibility index (Phi) is 8.07. The summed E-state index contributed by atoms with van der Waals surface area (Å²) in [6.45, 7) is 7.83. The smallest absolute Gasteiger partial charge is 0.188 e. The quantitative estimate of drug-likeness (QED) is 0.157. The van der Waals surface area contributed by atoms with Gasteiger partial charge in [0.2, 0.25) is 0 Å². The molecule has 0 saturated carbocycles. The summed E-state index contributed by atoms with van der Waals surface area (Å²) in [6.07, 6.45) is 1.83. The fourth-order valence-corrected chi connectivity index (χ4v) is 8.45. The van der Waals surface area contributed by atoms with Crippen LogP contribution in [0.1, 0.15) is 5.56 Å². The lowest BCUT2D eigenvalue weighted by Crippen LogP contribution is -2.06. The molecule has 0 spiro atoms. The Bertz CT molecular complexity index is 3510. The highest BCUT2D eigenvalue weighted by atomic mass is 15.0. The summed E-state index contributed by atoms with van der Waals surface area (Å²) in [5, 5.41) is 13.9. The zero-order chi connectivity index (χ0) is 40.2. The van der Waals surface area contributed by atoms with Crippen LogP contribution in [0.3, 0.4) is 0 Å². The van der Waals surface area contributed by atoms with Crippen LogP contribution in [0, 0.1) is 17.9 Å². The van der Waals surface area contributed by atoms with E-state index < -0.39 is 0 Å². The fourth-order valence-electron chi connectivity index (χ4n) is 8.45. The number of hydrogen-bond acceptors (Lipinski definition) is 5. The van der Waals surface area contributed by atoms with Gasteiger partial charge in [-0.05, 0) is 66.0 Å². The molecule has 0 radical (unpaired) electrons. The van der Waals surface area contributed by atoms with Gasteiger partial charge in [-0.15, -0.1) is 0 Å². The molecule has 0 amide bonds. The van der Waals surface area contributed by atoms with Crippen LogP contribution >= 0.6 is 0 Å². The topological polar surface area (TPSA) is 89.6 Å². The molecule has 0 unspecified atom stereocenters. The van der Waals surface area contributed by atoms with Gasteiger partial charge in [-0.25, -0.2) is 19.8 Å². The number of pyridine rings is 1. The van der Waals surface area contributed by atoms with Crippen LogP contribution in [0.5, 0.6) is 0 Å². The highest BCUT2D eigenvalue weighted by Crippen LogP contribution is 2.44. The van der Waals surface area contributed by atoms with Crippen LogP contribution in [-0.4, -0.2) is 29.1 Å². The summed E-state index contributed by atoms with van der Waals surface area (Å²) >= 11 is 0. The summed E-state index contributed by atoms with van der Waals surface area (Å²) in [7, 11) is 0. The maximum atomic E-state index is 9.91. The summed E-state index contributed by atoms with van der Waals surface area (Å²) in [5.74, 6) is 1.60. The number of nitrogens with zero attached hydrogens (tertiary/aromatic N) is 8. The van der Waals surface area contributed by atoms with Crippen LogP contribution in [0.15, 0.2) is 182 Å². The van der Waals surface area contributed by atoms with Crippen LogP contribution in [0.4, 0.5) is 5.69 Å². The zero-order valence-corrected chi connectivity index (χ0v) is 31.9. The van der Waals surface area contributed by atoms with E-state index in [-0.39, 0.29) is 0 Å². The van der Waals surface area contributed by atoms with E-state index in [9.17, 15) is 5.26 Å². The van der Waals surface area contributed by atoms with Crippen LogP contribution in [-0.2, 0) is 0 Å². The molecule has 4 heterocycles. The number of aromatic nitrogens is 6. The third-order valence-corrected chi connectivity index (χ3v) is 11.1. The third kappa shape index (κ3) is 5.52.